The third kappa shape index (κ3) is 2.30. The van der Waals surface area contributed by atoms with Gasteiger partial charge in [-0.25, -0.2) is 4.79 Å². The molecular formula is C9H11IN2O5. The number of aromatic amines is 1. The van der Waals surface area contributed by atoms with Crippen molar-refractivity contribution in [1.29, 1.82) is 0 Å². The average Bonchev–Trinajstić information content (AvgIpc) is 2.57. The molecule has 1 aliphatic heterocycles. The first-order valence-electron chi connectivity index (χ1n) is 4.94. The fourth-order valence-corrected chi connectivity index (χ4v) is 2.69. The molecule has 0 aliphatic carbocycles. The number of nitrogens with zero attached hydrogens (tertiary/aromatic N) is 1. The van der Waals surface area contributed by atoms with E-state index in [-0.39, 0.29) is 10.5 Å². The summed E-state index contributed by atoms with van der Waals surface area (Å²) < 4.78 is 6.19. The molecule has 1 aromatic rings. The third-order valence-corrected chi connectivity index (χ3v) is 3.95. The number of hydrogen-bond acceptors (Lipinski definition) is 5. The van der Waals surface area contributed by atoms with Crippen LogP contribution in [-0.2, 0) is 4.74 Å². The van der Waals surface area contributed by atoms with Gasteiger partial charge in [0.1, 0.15) is 6.10 Å². The van der Waals surface area contributed by atoms with Crippen LogP contribution in [0.25, 0.3) is 0 Å². The standard InChI is InChI=1S/C9H11IN2O5/c10-6-7(15)4(3-13)17-8(6)12-2-1-5(14)11-9(12)16/h1-2,4,6-8,13,15H,3H2,(H,11,14,16). The van der Waals surface area contributed by atoms with Crippen molar-refractivity contribution in [2.75, 3.05) is 6.61 Å². The predicted molar refractivity (Wildman–Crippen MR) is 66.1 cm³/mol. The first-order chi connectivity index (χ1) is 8.04. The third-order valence-electron chi connectivity index (χ3n) is 2.60. The van der Waals surface area contributed by atoms with Gasteiger partial charge < -0.3 is 14.9 Å². The lowest BCUT2D eigenvalue weighted by Gasteiger charge is -2.16. The van der Waals surface area contributed by atoms with E-state index in [4.69, 9.17) is 9.84 Å². The van der Waals surface area contributed by atoms with E-state index in [1.807, 2.05) is 22.6 Å². The number of aliphatic hydroxyl groups is 2. The molecule has 7 nitrogen and oxygen atoms in total. The number of alkyl halides is 1. The molecule has 0 amide bonds. The fraction of sp³-hybridized carbons (Fsp3) is 0.556. The molecule has 94 valence electrons. The van der Waals surface area contributed by atoms with Crippen LogP contribution in [0.5, 0.6) is 0 Å². The Bertz CT molecular complexity index is 513. The number of H-pyrrole nitrogens is 1. The minimum Gasteiger partial charge on any atom is -0.394 e. The lowest BCUT2D eigenvalue weighted by Crippen LogP contribution is -2.35. The Morgan fingerprint density at radius 3 is 2.76 bits per heavy atom. The summed E-state index contributed by atoms with van der Waals surface area (Å²) in [5.74, 6) is 0. The second kappa shape index (κ2) is 4.88. The zero-order valence-corrected chi connectivity index (χ0v) is 10.8. The van der Waals surface area contributed by atoms with Crippen LogP contribution in [0.15, 0.2) is 21.9 Å². The Balaban J connectivity index is 2.35. The van der Waals surface area contributed by atoms with E-state index in [0.29, 0.717) is 0 Å². The minimum absolute atomic E-state index is 0.324. The molecule has 17 heavy (non-hydrogen) atoms. The number of halogens is 1. The normalized spacial score (nSPS) is 32.9. The molecule has 0 bridgehead atoms. The topological polar surface area (TPSA) is 105 Å². The van der Waals surface area contributed by atoms with Crippen LogP contribution in [0, 0.1) is 0 Å². The molecule has 3 N–H and O–H groups in total. The lowest BCUT2D eigenvalue weighted by atomic mass is 10.2. The summed E-state index contributed by atoms with van der Waals surface area (Å²) in [4.78, 5) is 24.6. The van der Waals surface area contributed by atoms with Crippen LogP contribution in [-0.4, -0.2) is 42.5 Å². The Hall–Kier alpha value is -0.710. The van der Waals surface area contributed by atoms with E-state index in [1.165, 1.54) is 16.8 Å². The van der Waals surface area contributed by atoms with E-state index in [9.17, 15) is 14.7 Å². The summed E-state index contributed by atoms with van der Waals surface area (Å²) in [6.45, 7) is -0.324. The van der Waals surface area contributed by atoms with Gasteiger partial charge in [-0.15, -0.1) is 0 Å². The van der Waals surface area contributed by atoms with Gasteiger partial charge in [-0.3, -0.25) is 14.3 Å². The monoisotopic (exact) mass is 354 g/mol. The van der Waals surface area contributed by atoms with Gasteiger partial charge in [0.15, 0.2) is 6.23 Å². The zero-order valence-electron chi connectivity index (χ0n) is 8.62. The van der Waals surface area contributed by atoms with Crippen LogP contribution >= 0.6 is 22.6 Å². The van der Waals surface area contributed by atoms with Crippen molar-refractivity contribution in [1.82, 2.24) is 9.55 Å². The van der Waals surface area contributed by atoms with E-state index in [1.54, 1.807) is 0 Å². The molecular weight excluding hydrogens is 343 g/mol. The molecule has 2 rings (SSSR count). The van der Waals surface area contributed by atoms with Crippen LogP contribution < -0.4 is 11.2 Å². The Kier molecular flexibility index (Phi) is 3.66. The highest BCUT2D eigenvalue weighted by atomic mass is 127. The van der Waals surface area contributed by atoms with E-state index >= 15 is 0 Å². The Labute approximate surface area is 109 Å². The second-order valence-corrected chi connectivity index (χ2v) is 5.14. The van der Waals surface area contributed by atoms with Crippen LogP contribution in [0.3, 0.4) is 0 Å². The highest BCUT2D eigenvalue weighted by Crippen LogP contribution is 2.33. The quantitative estimate of drug-likeness (QED) is 0.447. The molecule has 2 heterocycles. The summed E-state index contributed by atoms with van der Waals surface area (Å²) in [6, 6.07) is 1.20. The zero-order chi connectivity index (χ0) is 12.6. The van der Waals surface area contributed by atoms with Gasteiger partial charge in [0.25, 0.3) is 5.56 Å². The van der Waals surface area contributed by atoms with E-state index in [2.05, 4.69) is 4.98 Å². The Morgan fingerprint density at radius 1 is 1.53 bits per heavy atom. The van der Waals surface area contributed by atoms with Gasteiger partial charge in [0.05, 0.1) is 16.6 Å². The maximum atomic E-state index is 11.6. The molecule has 0 radical (unpaired) electrons. The number of aliphatic hydroxyl groups excluding tert-OH is 2. The van der Waals surface area contributed by atoms with Crippen molar-refractivity contribution in [2.45, 2.75) is 22.4 Å². The maximum absolute atomic E-state index is 11.6. The largest absolute Gasteiger partial charge is 0.394 e. The number of aromatic nitrogens is 2. The summed E-state index contributed by atoms with van der Waals surface area (Å²) in [7, 11) is 0. The molecule has 1 aromatic heterocycles. The second-order valence-electron chi connectivity index (χ2n) is 3.70. The van der Waals surface area contributed by atoms with E-state index in [0.717, 1.165) is 0 Å². The molecule has 0 spiro atoms. The van der Waals surface area contributed by atoms with Gasteiger partial charge in [0.2, 0.25) is 0 Å². The highest BCUT2D eigenvalue weighted by molar-refractivity contribution is 14.1. The van der Waals surface area contributed by atoms with Crippen molar-refractivity contribution >= 4 is 22.6 Å². The maximum Gasteiger partial charge on any atom is 0.330 e. The average molecular weight is 354 g/mol. The molecule has 1 saturated heterocycles. The molecule has 0 saturated carbocycles. The van der Waals surface area contributed by atoms with Crippen LogP contribution in [0.1, 0.15) is 6.23 Å². The van der Waals surface area contributed by atoms with Crippen molar-refractivity contribution in [3.63, 3.8) is 0 Å². The number of nitrogens with one attached hydrogen (secondary N) is 1. The predicted octanol–water partition coefficient (Wildman–Crippen LogP) is -1.41. The fourth-order valence-electron chi connectivity index (χ4n) is 1.71. The van der Waals surface area contributed by atoms with Gasteiger partial charge in [0, 0.05) is 12.3 Å². The molecule has 1 aliphatic rings. The Morgan fingerprint density at radius 2 is 2.24 bits per heavy atom. The summed E-state index contributed by atoms with van der Waals surface area (Å²) in [5, 5.41) is 18.8. The minimum atomic E-state index is -0.857. The van der Waals surface area contributed by atoms with Gasteiger partial charge in [-0.2, -0.15) is 0 Å². The number of hydrogen-bond donors (Lipinski definition) is 3. The molecule has 4 atom stereocenters. The SMILES string of the molecule is O=c1ccn(C2OC(CO)C(O)C2I)c(=O)[nH]1. The van der Waals surface area contributed by atoms with Crippen molar-refractivity contribution < 1.29 is 14.9 Å². The first kappa shape index (κ1) is 12.7. The van der Waals surface area contributed by atoms with Gasteiger partial charge >= 0.3 is 5.69 Å². The summed E-state index contributed by atoms with van der Waals surface area (Å²) >= 11 is 1.95. The molecule has 1 fully saturated rings. The lowest BCUT2D eigenvalue weighted by molar-refractivity contribution is -0.0456. The molecule has 4 unspecified atom stereocenters. The van der Waals surface area contributed by atoms with E-state index < -0.39 is 29.7 Å². The molecule has 0 aromatic carbocycles. The van der Waals surface area contributed by atoms with Crippen molar-refractivity contribution in [2.24, 2.45) is 0 Å². The smallest absolute Gasteiger partial charge is 0.330 e. The van der Waals surface area contributed by atoms with Crippen LogP contribution in [0.2, 0.25) is 0 Å². The van der Waals surface area contributed by atoms with Crippen molar-refractivity contribution in [3.8, 4) is 0 Å². The number of ether oxygens (including phenoxy) is 1. The van der Waals surface area contributed by atoms with Gasteiger partial charge in [-0.1, -0.05) is 22.6 Å². The summed E-state index contributed by atoms with van der Waals surface area (Å²) in [5.41, 5.74) is -1.09. The van der Waals surface area contributed by atoms with Gasteiger partial charge in [-0.05, 0) is 0 Å². The van der Waals surface area contributed by atoms with Crippen LogP contribution in [0.4, 0.5) is 0 Å². The summed E-state index contributed by atoms with van der Waals surface area (Å²) in [6.07, 6.45) is -0.971. The van der Waals surface area contributed by atoms with Crippen molar-refractivity contribution in [3.05, 3.63) is 33.1 Å². The highest BCUT2D eigenvalue weighted by Gasteiger charge is 2.43. The first-order valence-corrected chi connectivity index (χ1v) is 6.19. The number of rotatable bonds is 2. The molecule has 8 heteroatoms.